The molecule has 0 aliphatic heterocycles. The van der Waals surface area contributed by atoms with E-state index in [2.05, 4.69) is 50.0 Å². The molecule has 0 N–H and O–H groups in total. The second-order valence-corrected chi connectivity index (χ2v) is 6.09. The van der Waals surface area contributed by atoms with Crippen molar-refractivity contribution in [2.24, 2.45) is 0 Å². The second-order valence-electron chi connectivity index (χ2n) is 6.09. The van der Waals surface area contributed by atoms with Crippen LogP contribution in [0, 0.1) is 0 Å². The Morgan fingerprint density at radius 2 is 1.75 bits per heavy atom. The van der Waals surface area contributed by atoms with Crippen LogP contribution in [-0.4, -0.2) is 10.8 Å². The summed E-state index contributed by atoms with van der Waals surface area (Å²) in [4.78, 5) is 16.1. The molecule has 1 aromatic heterocycles. The van der Waals surface area contributed by atoms with Crippen molar-refractivity contribution in [1.82, 2.24) is 4.98 Å². The monoisotopic (exact) mass is 267 g/mol. The maximum Gasteiger partial charge on any atom is 0.181 e. The van der Waals surface area contributed by atoms with E-state index in [-0.39, 0.29) is 11.2 Å². The highest BCUT2D eigenvalue weighted by Gasteiger charge is 2.13. The Morgan fingerprint density at radius 1 is 1.05 bits per heavy atom. The topological polar surface area (TPSA) is 30.0 Å². The van der Waals surface area contributed by atoms with E-state index < -0.39 is 0 Å². The molecule has 2 rings (SSSR count). The number of pyridine rings is 1. The first-order chi connectivity index (χ1) is 9.47. The van der Waals surface area contributed by atoms with E-state index in [1.165, 1.54) is 11.1 Å². The van der Waals surface area contributed by atoms with Crippen molar-refractivity contribution in [2.75, 3.05) is 0 Å². The number of benzene rings is 1. The average molecular weight is 267 g/mol. The van der Waals surface area contributed by atoms with Crippen LogP contribution in [0.3, 0.4) is 0 Å². The van der Waals surface area contributed by atoms with Crippen LogP contribution in [0.5, 0.6) is 0 Å². The van der Waals surface area contributed by atoms with Crippen molar-refractivity contribution in [3.63, 3.8) is 0 Å². The first-order valence-corrected chi connectivity index (χ1v) is 7.00. The average Bonchev–Trinajstić information content (AvgIpc) is 2.45. The van der Waals surface area contributed by atoms with Gasteiger partial charge in [-0.15, -0.1) is 0 Å². The SMILES string of the molecule is CC(C)(C)c1ccc(CCC(=O)c2ccccn2)cc1. The quantitative estimate of drug-likeness (QED) is 0.777. The van der Waals surface area contributed by atoms with Gasteiger partial charge in [0, 0.05) is 12.6 Å². The van der Waals surface area contributed by atoms with Crippen molar-refractivity contribution in [3.8, 4) is 0 Å². The molecule has 0 saturated heterocycles. The standard InChI is InChI=1S/C18H21NO/c1-18(2,3)15-10-7-14(8-11-15)9-12-17(20)16-6-4-5-13-19-16/h4-8,10-11,13H,9,12H2,1-3H3. The number of rotatable bonds is 4. The maximum atomic E-state index is 12.0. The van der Waals surface area contributed by atoms with Gasteiger partial charge in [0.05, 0.1) is 0 Å². The molecule has 1 aromatic carbocycles. The van der Waals surface area contributed by atoms with Gasteiger partial charge < -0.3 is 0 Å². The van der Waals surface area contributed by atoms with Gasteiger partial charge in [-0.25, -0.2) is 0 Å². The van der Waals surface area contributed by atoms with Crippen LogP contribution in [0.4, 0.5) is 0 Å². The zero-order valence-corrected chi connectivity index (χ0v) is 12.4. The first kappa shape index (κ1) is 14.4. The van der Waals surface area contributed by atoms with E-state index in [4.69, 9.17) is 0 Å². The highest BCUT2D eigenvalue weighted by Crippen LogP contribution is 2.22. The summed E-state index contributed by atoms with van der Waals surface area (Å²) in [6.45, 7) is 6.60. The minimum Gasteiger partial charge on any atom is -0.292 e. The van der Waals surface area contributed by atoms with Gasteiger partial charge in [0.2, 0.25) is 0 Å². The molecule has 1 heterocycles. The largest absolute Gasteiger partial charge is 0.292 e. The number of carbonyl (C=O) groups excluding carboxylic acids is 1. The van der Waals surface area contributed by atoms with Crippen LogP contribution in [-0.2, 0) is 11.8 Å². The summed E-state index contributed by atoms with van der Waals surface area (Å²) in [7, 11) is 0. The van der Waals surface area contributed by atoms with Crippen LogP contribution in [0.25, 0.3) is 0 Å². The lowest BCUT2D eigenvalue weighted by Gasteiger charge is -2.19. The maximum absolute atomic E-state index is 12.0. The van der Waals surface area contributed by atoms with E-state index in [9.17, 15) is 4.79 Å². The minimum atomic E-state index is 0.102. The molecule has 0 amide bonds. The number of nitrogens with zero attached hydrogens (tertiary/aromatic N) is 1. The number of hydrogen-bond donors (Lipinski definition) is 0. The van der Waals surface area contributed by atoms with Gasteiger partial charge >= 0.3 is 0 Å². The predicted octanol–water partition coefficient (Wildman–Crippen LogP) is 4.19. The van der Waals surface area contributed by atoms with Crippen LogP contribution in [0.2, 0.25) is 0 Å². The molecule has 0 unspecified atom stereocenters. The Kier molecular flexibility index (Phi) is 4.33. The van der Waals surface area contributed by atoms with E-state index in [0.29, 0.717) is 12.1 Å². The third-order valence-corrected chi connectivity index (χ3v) is 3.41. The van der Waals surface area contributed by atoms with Gasteiger partial charge in [-0.05, 0) is 35.1 Å². The van der Waals surface area contributed by atoms with Gasteiger partial charge in [0.1, 0.15) is 5.69 Å². The van der Waals surface area contributed by atoms with Crippen molar-refractivity contribution < 1.29 is 4.79 Å². The van der Waals surface area contributed by atoms with Crippen LogP contribution in [0.1, 0.15) is 48.8 Å². The summed E-state index contributed by atoms with van der Waals surface area (Å²) in [6, 6.07) is 14.0. The van der Waals surface area contributed by atoms with Gasteiger partial charge in [0.25, 0.3) is 0 Å². The lowest BCUT2D eigenvalue weighted by Crippen LogP contribution is -2.10. The van der Waals surface area contributed by atoms with Crippen molar-refractivity contribution in [1.29, 1.82) is 0 Å². The Morgan fingerprint density at radius 3 is 2.30 bits per heavy atom. The van der Waals surface area contributed by atoms with E-state index in [1.54, 1.807) is 12.3 Å². The molecule has 0 bridgehead atoms. The third kappa shape index (κ3) is 3.77. The van der Waals surface area contributed by atoms with Gasteiger partial charge in [-0.1, -0.05) is 51.1 Å². The molecule has 20 heavy (non-hydrogen) atoms. The highest BCUT2D eigenvalue weighted by atomic mass is 16.1. The number of hydrogen-bond acceptors (Lipinski definition) is 2. The summed E-state index contributed by atoms with van der Waals surface area (Å²) in [5, 5.41) is 0. The summed E-state index contributed by atoms with van der Waals surface area (Å²) in [5.74, 6) is 0.102. The second kappa shape index (κ2) is 6.00. The molecule has 0 aliphatic carbocycles. The van der Waals surface area contributed by atoms with Gasteiger partial charge in [-0.2, -0.15) is 0 Å². The fraction of sp³-hybridized carbons (Fsp3) is 0.333. The summed E-state index contributed by atoms with van der Waals surface area (Å²) in [6.07, 6.45) is 2.93. The molecule has 2 aromatic rings. The van der Waals surface area contributed by atoms with Crippen molar-refractivity contribution in [3.05, 3.63) is 65.5 Å². The molecular weight excluding hydrogens is 246 g/mol. The number of aryl methyl sites for hydroxylation is 1. The van der Waals surface area contributed by atoms with Crippen LogP contribution >= 0.6 is 0 Å². The molecule has 0 spiro atoms. The van der Waals surface area contributed by atoms with E-state index in [0.717, 1.165) is 6.42 Å². The number of ketones is 1. The zero-order valence-electron chi connectivity index (χ0n) is 12.4. The fourth-order valence-corrected chi connectivity index (χ4v) is 2.09. The zero-order chi connectivity index (χ0) is 14.6. The molecule has 0 radical (unpaired) electrons. The Bertz CT molecular complexity index is 565. The molecule has 2 heteroatoms. The predicted molar refractivity (Wildman–Crippen MR) is 82.0 cm³/mol. The molecule has 0 aliphatic rings. The Labute approximate surface area is 120 Å². The van der Waals surface area contributed by atoms with Crippen LogP contribution < -0.4 is 0 Å². The molecular formula is C18H21NO. The normalized spacial score (nSPS) is 11.3. The Hall–Kier alpha value is -1.96. The lowest BCUT2D eigenvalue weighted by molar-refractivity contribution is 0.0978. The Balaban J connectivity index is 1.96. The molecule has 104 valence electrons. The summed E-state index contributed by atoms with van der Waals surface area (Å²) < 4.78 is 0. The third-order valence-electron chi connectivity index (χ3n) is 3.41. The lowest BCUT2D eigenvalue weighted by atomic mass is 9.86. The van der Waals surface area contributed by atoms with Gasteiger partial charge in [0.15, 0.2) is 5.78 Å². The molecule has 2 nitrogen and oxygen atoms in total. The first-order valence-electron chi connectivity index (χ1n) is 7.00. The number of carbonyl (C=O) groups is 1. The summed E-state index contributed by atoms with van der Waals surface area (Å²) in [5.41, 5.74) is 3.24. The van der Waals surface area contributed by atoms with E-state index in [1.807, 2.05) is 12.1 Å². The van der Waals surface area contributed by atoms with E-state index >= 15 is 0 Å². The van der Waals surface area contributed by atoms with Crippen molar-refractivity contribution >= 4 is 5.78 Å². The van der Waals surface area contributed by atoms with Crippen LogP contribution in [0.15, 0.2) is 48.7 Å². The highest BCUT2D eigenvalue weighted by molar-refractivity contribution is 5.94. The summed E-state index contributed by atoms with van der Waals surface area (Å²) >= 11 is 0. The fourth-order valence-electron chi connectivity index (χ4n) is 2.09. The molecule has 0 atom stereocenters. The smallest absolute Gasteiger partial charge is 0.181 e. The van der Waals surface area contributed by atoms with Gasteiger partial charge in [-0.3, -0.25) is 9.78 Å². The minimum absolute atomic E-state index is 0.102. The molecule has 0 fully saturated rings. The number of aromatic nitrogens is 1. The van der Waals surface area contributed by atoms with Crippen molar-refractivity contribution in [2.45, 2.75) is 39.0 Å². The molecule has 0 saturated carbocycles. The number of Topliss-reactive ketones (excluding diaryl/α,β-unsaturated/α-hetero) is 1.